The zero-order chi connectivity index (χ0) is 15.1. The standard InChI is InChI=1S/C14H23N3O2S/c1-11(7-8-20-4)16(3)10-12-9-13(17(18)19)5-6-14(12)15-2/h5-6,9,11,15H,7-8,10H2,1-4H3. The van der Waals surface area contributed by atoms with Crippen molar-refractivity contribution in [3.05, 3.63) is 33.9 Å². The van der Waals surface area contributed by atoms with Gasteiger partial charge in [0, 0.05) is 37.5 Å². The molecule has 0 heterocycles. The third-order valence-electron chi connectivity index (χ3n) is 3.48. The molecule has 112 valence electrons. The molecule has 1 aromatic rings. The Balaban J connectivity index is 2.83. The molecule has 20 heavy (non-hydrogen) atoms. The maximum atomic E-state index is 10.9. The van der Waals surface area contributed by atoms with Crippen molar-refractivity contribution >= 4 is 23.1 Å². The van der Waals surface area contributed by atoms with Gasteiger partial charge in [-0.25, -0.2) is 0 Å². The molecule has 1 unspecified atom stereocenters. The van der Waals surface area contributed by atoms with Gasteiger partial charge < -0.3 is 5.32 Å². The molecule has 1 rings (SSSR count). The van der Waals surface area contributed by atoms with E-state index in [-0.39, 0.29) is 10.6 Å². The van der Waals surface area contributed by atoms with E-state index in [1.807, 2.05) is 18.8 Å². The summed E-state index contributed by atoms with van der Waals surface area (Å²) in [5.74, 6) is 1.12. The van der Waals surface area contributed by atoms with Crippen LogP contribution in [0.4, 0.5) is 11.4 Å². The molecule has 0 bridgehead atoms. The largest absolute Gasteiger partial charge is 0.388 e. The smallest absolute Gasteiger partial charge is 0.269 e. The second-order valence-corrected chi connectivity index (χ2v) is 5.88. The minimum Gasteiger partial charge on any atom is -0.388 e. The van der Waals surface area contributed by atoms with Crippen LogP contribution in [0.25, 0.3) is 0 Å². The van der Waals surface area contributed by atoms with Gasteiger partial charge in [0.15, 0.2) is 0 Å². The summed E-state index contributed by atoms with van der Waals surface area (Å²) in [7, 11) is 3.89. The van der Waals surface area contributed by atoms with Crippen molar-refractivity contribution < 1.29 is 4.92 Å². The normalized spacial score (nSPS) is 12.4. The molecule has 6 heteroatoms. The molecule has 0 aliphatic heterocycles. The van der Waals surface area contributed by atoms with Crippen LogP contribution in [0, 0.1) is 10.1 Å². The highest BCUT2D eigenvalue weighted by molar-refractivity contribution is 7.98. The summed E-state index contributed by atoms with van der Waals surface area (Å²) < 4.78 is 0. The maximum absolute atomic E-state index is 10.9. The topological polar surface area (TPSA) is 58.4 Å². The summed E-state index contributed by atoms with van der Waals surface area (Å²) in [6.07, 6.45) is 3.22. The average molecular weight is 297 g/mol. The number of benzene rings is 1. The van der Waals surface area contributed by atoms with Crippen LogP contribution in [-0.2, 0) is 6.54 Å². The molecule has 1 aromatic carbocycles. The van der Waals surface area contributed by atoms with Gasteiger partial charge in [-0.1, -0.05) is 0 Å². The van der Waals surface area contributed by atoms with E-state index < -0.39 is 0 Å². The molecule has 0 spiro atoms. The molecule has 0 radical (unpaired) electrons. The first-order chi connectivity index (χ1) is 9.49. The second-order valence-electron chi connectivity index (χ2n) is 4.89. The summed E-state index contributed by atoms with van der Waals surface area (Å²) in [6.45, 7) is 2.89. The van der Waals surface area contributed by atoms with Gasteiger partial charge in [0.05, 0.1) is 4.92 Å². The van der Waals surface area contributed by atoms with Gasteiger partial charge in [-0.3, -0.25) is 15.0 Å². The fraction of sp³-hybridized carbons (Fsp3) is 0.571. The van der Waals surface area contributed by atoms with Crippen LogP contribution in [0.1, 0.15) is 18.9 Å². The van der Waals surface area contributed by atoms with Crippen molar-refractivity contribution in [3.8, 4) is 0 Å². The van der Waals surface area contributed by atoms with Gasteiger partial charge in [-0.15, -0.1) is 0 Å². The van der Waals surface area contributed by atoms with E-state index in [4.69, 9.17) is 0 Å². The van der Waals surface area contributed by atoms with Crippen LogP contribution in [0.3, 0.4) is 0 Å². The number of nitro groups is 1. The van der Waals surface area contributed by atoms with Crippen molar-refractivity contribution in [2.75, 3.05) is 31.4 Å². The Morgan fingerprint density at radius 1 is 1.50 bits per heavy atom. The summed E-state index contributed by atoms with van der Waals surface area (Å²) in [4.78, 5) is 12.8. The molecule has 0 saturated carbocycles. The van der Waals surface area contributed by atoms with E-state index in [2.05, 4.69) is 30.4 Å². The summed E-state index contributed by atoms with van der Waals surface area (Å²) in [5.41, 5.74) is 2.05. The van der Waals surface area contributed by atoms with Crippen LogP contribution in [-0.4, -0.2) is 42.0 Å². The van der Waals surface area contributed by atoms with Gasteiger partial charge in [-0.05, 0) is 44.0 Å². The highest BCUT2D eigenvalue weighted by atomic mass is 32.2. The number of hydrogen-bond donors (Lipinski definition) is 1. The third kappa shape index (κ3) is 4.68. The van der Waals surface area contributed by atoms with Crippen LogP contribution in [0.5, 0.6) is 0 Å². The van der Waals surface area contributed by atoms with Crippen LogP contribution in [0.2, 0.25) is 0 Å². The fourth-order valence-corrected chi connectivity index (χ4v) is 2.58. The van der Waals surface area contributed by atoms with Crippen LogP contribution in [0.15, 0.2) is 18.2 Å². The molecule has 0 fully saturated rings. The Hall–Kier alpha value is -1.27. The first kappa shape index (κ1) is 16.8. The summed E-state index contributed by atoms with van der Waals surface area (Å²) >= 11 is 1.84. The Kier molecular flexibility index (Phi) is 6.81. The minimum atomic E-state index is -0.347. The Labute approximate surface area is 124 Å². The molecular formula is C14H23N3O2S. The van der Waals surface area contributed by atoms with Gasteiger partial charge in [0.25, 0.3) is 5.69 Å². The Morgan fingerprint density at radius 3 is 2.75 bits per heavy atom. The first-order valence-corrected chi connectivity index (χ1v) is 8.03. The monoisotopic (exact) mass is 297 g/mol. The predicted octanol–water partition coefficient (Wildman–Crippen LogP) is 3.21. The number of thioether (sulfide) groups is 1. The summed E-state index contributed by atoms with van der Waals surface area (Å²) in [6, 6.07) is 5.41. The quantitative estimate of drug-likeness (QED) is 0.590. The molecule has 5 nitrogen and oxygen atoms in total. The number of nitrogens with zero attached hydrogens (tertiary/aromatic N) is 2. The van der Waals surface area contributed by atoms with E-state index in [1.165, 1.54) is 6.07 Å². The number of rotatable bonds is 8. The Bertz CT molecular complexity index is 454. The average Bonchev–Trinajstić information content (AvgIpc) is 2.44. The molecule has 1 N–H and O–H groups in total. The number of nitrogens with one attached hydrogen (secondary N) is 1. The molecule has 0 amide bonds. The number of anilines is 1. The number of hydrogen-bond acceptors (Lipinski definition) is 5. The lowest BCUT2D eigenvalue weighted by molar-refractivity contribution is -0.384. The van der Waals surface area contributed by atoms with E-state index in [9.17, 15) is 10.1 Å². The van der Waals surface area contributed by atoms with E-state index in [0.717, 1.165) is 23.4 Å². The van der Waals surface area contributed by atoms with Gasteiger partial charge in [-0.2, -0.15) is 11.8 Å². The summed E-state index contributed by atoms with van der Waals surface area (Å²) in [5, 5.41) is 14.0. The zero-order valence-electron chi connectivity index (χ0n) is 12.5. The highest BCUT2D eigenvalue weighted by Crippen LogP contribution is 2.23. The number of nitro benzene ring substituents is 1. The highest BCUT2D eigenvalue weighted by Gasteiger charge is 2.14. The molecular weight excluding hydrogens is 274 g/mol. The SMILES string of the molecule is CNc1ccc([N+](=O)[O-])cc1CN(C)C(C)CCSC. The lowest BCUT2D eigenvalue weighted by Gasteiger charge is -2.25. The van der Waals surface area contributed by atoms with Gasteiger partial charge >= 0.3 is 0 Å². The first-order valence-electron chi connectivity index (χ1n) is 6.63. The second kappa shape index (κ2) is 8.11. The van der Waals surface area contributed by atoms with Crippen molar-refractivity contribution in [1.82, 2.24) is 4.90 Å². The molecule has 0 aliphatic rings. The van der Waals surface area contributed by atoms with Gasteiger partial charge in [0.2, 0.25) is 0 Å². The molecule has 0 saturated heterocycles. The van der Waals surface area contributed by atoms with Crippen molar-refractivity contribution in [1.29, 1.82) is 0 Å². The van der Waals surface area contributed by atoms with Crippen LogP contribution >= 0.6 is 11.8 Å². The molecule has 1 atom stereocenters. The lowest BCUT2D eigenvalue weighted by Crippen LogP contribution is -2.29. The Morgan fingerprint density at radius 2 is 2.20 bits per heavy atom. The predicted molar refractivity (Wildman–Crippen MR) is 86.6 cm³/mol. The van der Waals surface area contributed by atoms with Crippen molar-refractivity contribution in [3.63, 3.8) is 0 Å². The van der Waals surface area contributed by atoms with E-state index >= 15 is 0 Å². The van der Waals surface area contributed by atoms with Crippen molar-refractivity contribution in [2.45, 2.75) is 25.9 Å². The van der Waals surface area contributed by atoms with E-state index in [1.54, 1.807) is 12.1 Å². The van der Waals surface area contributed by atoms with Crippen molar-refractivity contribution in [2.24, 2.45) is 0 Å². The van der Waals surface area contributed by atoms with E-state index in [0.29, 0.717) is 12.6 Å². The molecule has 0 aromatic heterocycles. The third-order valence-corrected chi connectivity index (χ3v) is 4.12. The minimum absolute atomic E-state index is 0.143. The number of non-ortho nitro benzene ring substituents is 1. The lowest BCUT2D eigenvalue weighted by atomic mass is 10.1. The fourth-order valence-electron chi connectivity index (χ4n) is 2.00. The zero-order valence-corrected chi connectivity index (χ0v) is 13.4. The molecule has 0 aliphatic carbocycles. The van der Waals surface area contributed by atoms with Gasteiger partial charge in [0.1, 0.15) is 0 Å². The van der Waals surface area contributed by atoms with Crippen LogP contribution < -0.4 is 5.32 Å². The maximum Gasteiger partial charge on any atom is 0.269 e.